The minimum Gasteiger partial charge on any atom is -0.395 e. The molecule has 8 nitrogen and oxygen atoms in total. The molecule has 2 fully saturated rings. The average Bonchev–Trinajstić information content (AvgIpc) is 3.39. The van der Waals surface area contributed by atoms with Gasteiger partial charge in [0.1, 0.15) is 0 Å². The summed E-state index contributed by atoms with van der Waals surface area (Å²) in [7, 11) is -3.45. The second-order valence-electron chi connectivity index (χ2n) is 12.4. The number of carbonyl (C=O) groups is 3. The van der Waals surface area contributed by atoms with E-state index in [0.29, 0.717) is 36.4 Å². The van der Waals surface area contributed by atoms with E-state index in [1.165, 1.54) is 0 Å². The first-order chi connectivity index (χ1) is 20.1. The highest BCUT2D eigenvalue weighted by atomic mass is 28.4. The predicted octanol–water partition coefficient (Wildman–Crippen LogP) is 5.12. The monoisotopic (exact) mass is 595 g/mol. The number of nitrogens with zero attached hydrogens (tertiary/aromatic N) is 2. The third-order valence-corrected chi connectivity index (χ3v) is 11.6. The lowest BCUT2D eigenvalue weighted by molar-refractivity contribution is -0.148. The van der Waals surface area contributed by atoms with E-state index in [1.807, 2.05) is 49.4 Å². The fraction of sp³-hybridized carbons (Fsp3) is 0.531. The van der Waals surface area contributed by atoms with Crippen LogP contribution in [-0.4, -0.2) is 61.9 Å². The van der Waals surface area contributed by atoms with E-state index in [-0.39, 0.29) is 37.3 Å². The van der Waals surface area contributed by atoms with Crippen molar-refractivity contribution in [2.45, 2.75) is 82.3 Å². The Labute approximate surface area is 248 Å². The molecule has 0 unspecified atom stereocenters. The Hall–Kier alpha value is -3.08. The molecular formula is C32H42FN3O5Si. The van der Waals surface area contributed by atoms with Crippen molar-refractivity contribution in [2.75, 3.05) is 29.9 Å². The van der Waals surface area contributed by atoms with Gasteiger partial charge in [-0.05, 0) is 49.7 Å². The van der Waals surface area contributed by atoms with Crippen LogP contribution in [0.4, 0.5) is 15.5 Å². The second-order valence-corrected chi connectivity index (χ2v) is 16.2. The summed E-state index contributed by atoms with van der Waals surface area (Å²) >= 11 is 0. The molecule has 1 spiro atoms. The van der Waals surface area contributed by atoms with Crippen molar-refractivity contribution in [1.82, 2.24) is 4.90 Å². The molecule has 0 bridgehead atoms. The molecule has 0 saturated carbocycles. The lowest BCUT2D eigenvalue weighted by Gasteiger charge is -2.31. The van der Waals surface area contributed by atoms with Crippen molar-refractivity contribution in [3.05, 3.63) is 59.7 Å². The van der Waals surface area contributed by atoms with Crippen LogP contribution in [0.15, 0.2) is 48.5 Å². The summed E-state index contributed by atoms with van der Waals surface area (Å²) in [5.41, 5.74) is 0.718. The Morgan fingerprint density at radius 1 is 1.14 bits per heavy atom. The fourth-order valence-electron chi connectivity index (χ4n) is 7.17. The Bertz CT molecular complexity index is 1320. The first-order valence-electron chi connectivity index (χ1n) is 15.1. The van der Waals surface area contributed by atoms with E-state index in [0.717, 1.165) is 31.2 Å². The summed E-state index contributed by atoms with van der Waals surface area (Å²) < 4.78 is 22.7. The van der Waals surface area contributed by atoms with E-state index in [1.54, 1.807) is 29.0 Å². The van der Waals surface area contributed by atoms with E-state index in [9.17, 15) is 19.5 Å². The van der Waals surface area contributed by atoms with Crippen molar-refractivity contribution >= 4 is 37.5 Å². The number of fused-ring (bicyclic) bond motifs is 2. The second kappa shape index (κ2) is 12.3. The van der Waals surface area contributed by atoms with Gasteiger partial charge in [0.15, 0.2) is 5.60 Å². The predicted molar refractivity (Wildman–Crippen MR) is 162 cm³/mol. The standard InChI is InChI=1S/C32H42FN3O5Si/c1-22-30(42(2,3)33)27(20-29(39)35(17-18-37)21-23-11-7-6-8-12-23)41-32(22)25-19-24(14-15-26(25)34-31(32)40)36-16-10-5-4-9-13-28(36)38/h6-8,11-12,14-15,19,22,27,30,37H,4-5,9-10,13,16-18,20-21H2,1-3H3,(H,34,40)/t22-,27+,30-,32+/m0/s1. The third kappa shape index (κ3) is 5.76. The molecule has 3 aliphatic heterocycles. The number of hydrogen-bond acceptors (Lipinski definition) is 5. The van der Waals surface area contributed by atoms with Crippen molar-refractivity contribution in [2.24, 2.45) is 5.92 Å². The van der Waals surface area contributed by atoms with Gasteiger partial charge in [-0.1, -0.05) is 50.1 Å². The summed E-state index contributed by atoms with van der Waals surface area (Å²) in [4.78, 5) is 43.8. The van der Waals surface area contributed by atoms with Gasteiger partial charge in [0.25, 0.3) is 5.91 Å². The van der Waals surface area contributed by atoms with E-state index >= 15 is 4.11 Å². The molecule has 2 aromatic carbocycles. The van der Waals surface area contributed by atoms with Gasteiger partial charge in [-0.25, -0.2) is 0 Å². The number of nitrogens with one attached hydrogen (secondary N) is 1. The van der Waals surface area contributed by atoms with Crippen LogP contribution in [0.1, 0.15) is 56.6 Å². The zero-order chi connectivity index (χ0) is 30.1. The number of aliphatic hydroxyl groups is 1. The Morgan fingerprint density at radius 2 is 1.88 bits per heavy atom. The lowest BCUT2D eigenvalue weighted by Crippen LogP contribution is -2.42. The van der Waals surface area contributed by atoms with E-state index in [4.69, 9.17) is 4.74 Å². The molecule has 2 N–H and O–H groups in total. The van der Waals surface area contributed by atoms with Gasteiger partial charge in [-0.2, -0.15) is 0 Å². The summed E-state index contributed by atoms with van der Waals surface area (Å²) in [5, 5.41) is 12.6. The highest BCUT2D eigenvalue weighted by Crippen LogP contribution is 2.59. The summed E-state index contributed by atoms with van der Waals surface area (Å²) in [6.45, 7) is 5.91. The molecule has 42 heavy (non-hydrogen) atoms. The molecule has 0 radical (unpaired) electrons. The van der Waals surface area contributed by atoms with Crippen LogP contribution in [0.25, 0.3) is 0 Å². The fourth-order valence-corrected chi connectivity index (χ4v) is 9.67. The number of aliphatic hydroxyl groups excluding tert-OH is 1. The number of hydrogen-bond donors (Lipinski definition) is 2. The van der Waals surface area contributed by atoms with Gasteiger partial charge in [0.05, 0.1) is 19.1 Å². The molecule has 3 heterocycles. The molecule has 4 atom stereocenters. The molecule has 3 aliphatic rings. The van der Waals surface area contributed by atoms with Crippen LogP contribution in [0.3, 0.4) is 0 Å². The summed E-state index contributed by atoms with van der Waals surface area (Å²) in [6.07, 6.45) is 3.42. The summed E-state index contributed by atoms with van der Waals surface area (Å²) in [6, 6.07) is 15.0. The molecule has 0 aromatic heterocycles. The van der Waals surface area contributed by atoms with Gasteiger partial charge in [-0.15, -0.1) is 0 Å². The molecule has 0 aliphatic carbocycles. The number of rotatable bonds is 8. The third-order valence-electron chi connectivity index (χ3n) is 9.15. The van der Waals surface area contributed by atoms with Gasteiger partial charge >= 0.3 is 0 Å². The topological polar surface area (TPSA) is 99.2 Å². The van der Waals surface area contributed by atoms with Crippen LogP contribution in [0, 0.1) is 5.92 Å². The Morgan fingerprint density at radius 3 is 2.60 bits per heavy atom. The van der Waals surface area contributed by atoms with E-state index < -0.39 is 31.6 Å². The highest BCUT2D eigenvalue weighted by molar-refractivity contribution is 6.72. The van der Waals surface area contributed by atoms with Gasteiger partial charge in [0.2, 0.25) is 20.2 Å². The summed E-state index contributed by atoms with van der Waals surface area (Å²) in [5.74, 6) is -1.11. The van der Waals surface area contributed by atoms with Crippen LogP contribution in [0.5, 0.6) is 0 Å². The number of carbonyl (C=O) groups excluding carboxylic acids is 3. The Balaban J connectivity index is 1.47. The largest absolute Gasteiger partial charge is 0.395 e. The maximum atomic E-state index is 16.1. The lowest BCUT2D eigenvalue weighted by atomic mass is 9.82. The smallest absolute Gasteiger partial charge is 0.261 e. The van der Waals surface area contributed by atoms with Crippen molar-refractivity contribution in [3.8, 4) is 0 Å². The normalized spacial score (nSPS) is 26.1. The number of ether oxygens (including phenoxy) is 1. The minimum atomic E-state index is -3.45. The molecule has 3 amide bonds. The van der Waals surface area contributed by atoms with Gasteiger partial charge in [0, 0.05) is 54.5 Å². The first kappa shape index (κ1) is 30.4. The van der Waals surface area contributed by atoms with E-state index in [2.05, 4.69) is 5.32 Å². The number of benzene rings is 2. The van der Waals surface area contributed by atoms with Crippen molar-refractivity contribution in [1.29, 1.82) is 0 Å². The zero-order valence-electron chi connectivity index (χ0n) is 24.8. The number of anilines is 2. The molecule has 226 valence electrons. The van der Waals surface area contributed by atoms with Crippen LogP contribution in [0.2, 0.25) is 18.6 Å². The van der Waals surface area contributed by atoms with Crippen LogP contribution in [-0.2, 0) is 31.3 Å². The SMILES string of the molecule is C[C@H]1[C@H]([Si](C)(C)F)[C@@H](CC(=O)N(CCO)Cc2ccccc2)O[C@]12C(=O)Nc1ccc(N3CCCCCCC3=O)cc12. The van der Waals surface area contributed by atoms with Crippen molar-refractivity contribution < 1.29 is 28.3 Å². The number of halogens is 1. The first-order valence-corrected chi connectivity index (χ1v) is 18.1. The van der Waals surface area contributed by atoms with Gasteiger partial charge in [-0.3, -0.25) is 14.4 Å². The van der Waals surface area contributed by atoms with Crippen LogP contribution < -0.4 is 10.2 Å². The molecule has 10 heteroatoms. The van der Waals surface area contributed by atoms with Crippen LogP contribution >= 0.6 is 0 Å². The maximum absolute atomic E-state index is 16.1. The molecule has 2 aromatic rings. The Kier molecular flexibility index (Phi) is 8.87. The molecule has 2 saturated heterocycles. The van der Waals surface area contributed by atoms with Gasteiger partial charge < -0.3 is 29.1 Å². The molecule has 5 rings (SSSR count). The molecular weight excluding hydrogens is 553 g/mol. The maximum Gasteiger partial charge on any atom is 0.261 e. The highest BCUT2D eigenvalue weighted by Gasteiger charge is 2.65. The minimum absolute atomic E-state index is 0.0578. The number of amides is 3. The van der Waals surface area contributed by atoms with Crippen molar-refractivity contribution in [3.63, 3.8) is 0 Å². The quantitative estimate of drug-likeness (QED) is 0.326. The zero-order valence-corrected chi connectivity index (χ0v) is 25.8. The average molecular weight is 596 g/mol.